The topological polar surface area (TPSA) is 82.3 Å². The van der Waals surface area contributed by atoms with Crippen LogP contribution >= 0.6 is 0 Å². The maximum atomic E-state index is 12.0. The summed E-state index contributed by atoms with van der Waals surface area (Å²) in [6.07, 6.45) is 0. The van der Waals surface area contributed by atoms with Crippen LogP contribution in [0.1, 0.15) is 5.69 Å². The van der Waals surface area contributed by atoms with Gasteiger partial charge in [0.1, 0.15) is 0 Å². The minimum atomic E-state index is -5.71. The lowest BCUT2D eigenvalue weighted by molar-refractivity contribution is -0.0499. The summed E-state index contributed by atoms with van der Waals surface area (Å²) in [5.41, 5.74) is 0.133. The zero-order chi connectivity index (χ0) is 12.6. The molecule has 1 aromatic rings. The van der Waals surface area contributed by atoms with Crippen LogP contribution < -0.4 is 9.92 Å². The van der Waals surface area contributed by atoms with E-state index < -0.39 is 27.2 Å². The minimum absolute atomic E-state index is 0.423. The van der Waals surface area contributed by atoms with E-state index in [-0.39, 0.29) is 0 Å². The second kappa shape index (κ2) is 3.81. The average molecular weight is 256 g/mol. The van der Waals surface area contributed by atoms with E-state index in [4.69, 9.17) is 5.73 Å². The van der Waals surface area contributed by atoms with Crippen molar-refractivity contribution in [2.45, 2.75) is 12.4 Å². The van der Waals surface area contributed by atoms with Gasteiger partial charge in [-0.05, 0) is 19.1 Å². The highest BCUT2D eigenvalue weighted by atomic mass is 32.2. The molecule has 0 aromatic carbocycles. The Morgan fingerprint density at radius 1 is 1.38 bits per heavy atom. The Balaban J connectivity index is 3.07. The molecule has 0 radical (unpaired) electrons. The fourth-order valence-corrected chi connectivity index (χ4v) is 1.27. The maximum absolute atomic E-state index is 12.0. The molecule has 0 unspecified atom stereocenters. The predicted molar refractivity (Wildman–Crippen MR) is 49.0 cm³/mol. The number of nitrogens with zero attached hydrogens (tertiary/aromatic N) is 1. The molecule has 0 fully saturated rings. The minimum Gasteiger partial charge on any atom is -0.381 e. The van der Waals surface area contributed by atoms with Gasteiger partial charge >= 0.3 is 15.6 Å². The van der Waals surface area contributed by atoms with Crippen molar-refractivity contribution in [3.05, 3.63) is 17.8 Å². The standard InChI is InChI=1S/C7H7F3N2O3S/c1-4-2-3-5(6(11)12-4)15-16(13,14)7(8,9)10/h2-3H,1H3,(H2,11,12). The summed E-state index contributed by atoms with van der Waals surface area (Å²) in [5, 5.41) is 0. The summed E-state index contributed by atoms with van der Waals surface area (Å²) in [7, 11) is -5.71. The summed E-state index contributed by atoms with van der Waals surface area (Å²) in [4.78, 5) is 3.56. The van der Waals surface area contributed by atoms with Crippen LogP contribution in [0.2, 0.25) is 0 Å². The average Bonchev–Trinajstić information content (AvgIpc) is 2.08. The molecule has 0 aliphatic rings. The SMILES string of the molecule is Cc1ccc(OS(=O)(=O)C(F)(F)F)c(N)n1. The molecule has 0 saturated heterocycles. The van der Waals surface area contributed by atoms with Crippen LogP contribution in [-0.4, -0.2) is 18.9 Å². The summed E-state index contributed by atoms with van der Waals surface area (Å²) < 4.78 is 60.9. The monoisotopic (exact) mass is 256 g/mol. The Bertz CT molecular complexity index is 498. The van der Waals surface area contributed by atoms with Crippen molar-refractivity contribution in [3.63, 3.8) is 0 Å². The summed E-state index contributed by atoms with van der Waals surface area (Å²) >= 11 is 0. The summed E-state index contributed by atoms with van der Waals surface area (Å²) in [5.74, 6) is -1.07. The van der Waals surface area contributed by atoms with Gasteiger partial charge in [-0.25, -0.2) is 4.98 Å². The number of aromatic nitrogens is 1. The van der Waals surface area contributed by atoms with Crippen molar-refractivity contribution >= 4 is 15.9 Å². The molecule has 0 aliphatic carbocycles. The highest BCUT2D eigenvalue weighted by molar-refractivity contribution is 7.88. The molecule has 0 saturated carbocycles. The second-order valence-electron chi connectivity index (χ2n) is 2.82. The number of hydrogen-bond donors (Lipinski definition) is 1. The normalized spacial score (nSPS) is 12.5. The second-order valence-corrected chi connectivity index (χ2v) is 4.36. The third kappa shape index (κ3) is 2.54. The van der Waals surface area contributed by atoms with E-state index >= 15 is 0 Å². The molecule has 2 N–H and O–H groups in total. The van der Waals surface area contributed by atoms with Gasteiger partial charge in [-0.1, -0.05) is 0 Å². The molecule has 0 bridgehead atoms. The highest BCUT2D eigenvalue weighted by Gasteiger charge is 2.48. The van der Waals surface area contributed by atoms with Gasteiger partial charge in [0.05, 0.1) is 0 Å². The summed E-state index contributed by atoms with van der Waals surface area (Å²) in [6, 6.07) is 2.28. The molecule has 5 nitrogen and oxygen atoms in total. The van der Waals surface area contributed by atoms with Crippen LogP contribution in [0.3, 0.4) is 0 Å². The van der Waals surface area contributed by atoms with Crippen LogP contribution in [-0.2, 0) is 10.1 Å². The van der Waals surface area contributed by atoms with Crippen LogP contribution in [0, 0.1) is 6.92 Å². The van der Waals surface area contributed by atoms with E-state index in [0.717, 1.165) is 6.07 Å². The number of halogens is 3. The van der Waals surface area contributed by atoms with Crippen molar-refractivity contribution in [2.75, 3.05) is 5.73 Å². The first kappa shape index (κ1) is 12.6. The number of hydrogen-bond acceptors (Lipinski definition) is 5. The van der Waals surface area contributed by atoms with Crippen LogP contribution in [0.15, 0.2) is 12.1 Å². The summed E-state index contributed by atoms with van der Waals surface area (Å²) in [6.45, 7) is 1.54. The van der Waals surface area contributed by atoms with E-state index in [1.54, 1.807) is 6.92 Å². The fraction of sp³-hybridized carbons (Fsp3) is 0.286. The number of pyridine rings is 1. The van der Waals surface area contributed by atoms with E-state index in [9.17, 15) is 21.6 Å². The van der Waals surface area contributed by atoms with Crippen molar-refractivity contribution in [1.29, 1.82) is 0 Å². The largest absolute Gasteiger partial charge is 0.534 e. The Hall–Kier alpha value is -1.51. The van der Waals surface area contributed by atoms with Crippen molar-refractivity contribution in [1.82, 2.24) is 4.98 Å². The molecule has 1 aromatic heterocycles. The third-order valence-electron chi connectivity index (χ3n) is 1.51. The van der Waals surface area contributed by atoms with E-state index in [0.29, 0.717) is 5.69 Å². The van der Waals surface area contributed by atoms with E-state index in [1.807, 2.05) is 0 Å². The fourth-order valence-electron chi connectivity index (χ4n) is 0.800. The lowest BCUT2D eigenvalue weighted by atomic mass is 10.3. The maximum Gasteiger partial charge on any atom is 0.534 e. The molecule has 0 atom stereocenters. The molecule has 1 rings (SSSR count). The van der Waals surface area contributed by atoms with Gasteiger partial charge in [0.15, 0.2) is 11.6 Å². The van der Waals surface area contributed by atoms with Crippen LogP contribution in [0.4, 0.5) is 19.0 Å². The van der Waals surface area contributed by atoms with E-state index in [2.05, 4.69) is 9.17 Å². The zero-order valence-corrected chi connectivity index (χ0v) is 8.76. The predicted octanol–water partition coefficient (Wildman–Crippen LogP) is 1.20. The number of nitrogens with two attached hydrogens (primary N) is 1. The molecule has 16 heavy (non-hydrogen) atoms. The highest BCUT2D eigenvalue weighted by Crippen LogP contribution is 2.29. The lowest BCUT2D eigenvalue weighted by Gasteiger charge is -2.10. The first-order valence-corrected chi connectivity index (χ1v) is 5.28. The Morgan fingerprint density at radius 3 is 2.38 bits per heavy atom. The first-order valence-electron chi connectivity index (χ1n) is 3.87. The lowest BCUT2D eigenvalue weighted by Crippen LogP contribution is -2.28. The van der Waals surface area contributed by atoms with Gasteiger partial charge in [0.2, 0.25) is 0 Å². The smallest absolute Gasteiger partial charge is 0.381 e. The number of aryl methyl sites for hydroxylation is 1. The molecule has 9 heteroatoms. The van der Waals surface area contributed by atoms with Gasteiger partial charge < -0.3 is 9.92 Å². The van der Waals surface area contributed by atoms with Crippen molar-refractivity contribution in [2.24, 2.45) is 0 Å². The van der Waals surface area contributed by atoms with Gasteiger partial charge in [0, 0.05) is 5.69 Å². The van der Waals surface area contributed by atoms with Crippen molar-refractivity contribution in [3.8, 4) is 5.75 Å². The number of rotatable bonds is 2. The molecule has 0 aliphatic heterocycles. The molecular formula is C7H7F3N2O3S. The number of nitrogen functional groups attached to an aromatic ring is 1. The van der Waals surface area contributed by atoms with Gasteiger partial charge in [0.25, 0.3) is 0 Å². The Labute approximate surface area is 89.2 Å². The number of alkyl halides is 3. The molecule has 1 heterocycles. The van der Waals surface area contributed by atoms with Gasteiger partial charge in [-0.15, -0.1) is 0 Å². The zero-order valence-electron chi connectivity index (χ0n) is 7.95. The van der Waals surface area contributed by atoms with Gasteiger partial charge in [-0.2, -0.15) is 21.6 Å². The Kier molecular flexibility index (Phi) is 2.99. The van der Waals surface area contributed by atoms with Crippen LogP contribution in [0.25, 0.3) is 0 Å². The third-order valence-corrected chi connectivity index (χ3v) is 2.47. The quantitative estimate of drug-likeness (QED) is 0.635. The number of anilines is 1. The van der Waals surface area contributed by atoms with E-state index in [1.165, 1.54) is 6.07 Å². The van der Waals surface area contributed by atoms with Gasteiger partial charge in [-0.3, -0.25) is 0 Å². The Morgan fingerprint density at radius 2 is 1.94 bits per heavy atom. The van der Waals surface area contributed by atoms with Crippen LogP contribution in [0.5, 0.6) is 5.75 Å². The molecule has 0 amide bonds. The molecule has 0 spiro atoms. The molecule has 90 valence electrons. The first-order chi connectivity index (χ1) is 7.13. The molecular weight excluding hydrogens is 249 g/mol. The van der Waals surface area contributed by atoms with Crippen molar-refractivity contribution < 1.29 is 25.8 Å².